The van der Waals surface area contributed by atoms with Crippen LogP contribution in [0.3, 0.4) is 0 Å². The lowest BCUT2D eigenvalue weighted by atomic mass is 10.4. The summed E-state index contributed by atoms with van der Waals surface area (Å²) in [5.41, 5.74) is 0. The Morgan fingerprint density at radius 1 is 1.67 bits per heavy atom. The first kappa shape index (κ1) is 8.83. The largest absolute Gasteiger partial charge is 0.509 e. The summed E-state index contributed by atoms with van der Waals surface area (Å²) < 4.78 is 8.84. The molecule has 1 fully saturated rings. The summed E-state index contributed by atoms with van der Waals surface area (Å²) in [7, 11) is 1.23. The van der Waals surface area contributed by atoms with E-state index in [2.05, 4.69) is 9.47 Å². The van der Waals surface area contributed by atoms with Crippen LogP contribution in [-0.4, -0.2) is 37.3 Å². The second kappa shape index (κ2) is 3.94. The fourth-order valence-corrected chi connectivity index (χ4v) is 1.03. The monoisotopic (exact) mass is 173 g/mol. The Morgan fingerprint density at radius 3 is 2.92 bits per heavy atom. The van der Waals surface area contributed by atoms with Gasteiger partial charge in [-0.1, -0.05) is 0 Å². The van der Waals surface area contributed by atoms with Crippen molar-refractivity contribution in [3.05, 3.63) is 0 Å². The lowest BCUT2D eigenvalue weighted by Crippen LogP contribution is -2.28. The molecule has 0 spiro atoms. The highest BCUT2D eigenvalue weighted by Gasteiger charge is 2.20. The first-order valence-corrected chi connectivity index (χ1v) is 3.72. The van der Waals surface area contributed by atoms with Gasteiger partial charge in [0.05, 0.1) is 7.11 Å². The summed E-state index contributed by atoms with van der Waals surface area (Å²) in [5, 5.41) is 0. The maximum atomic E-state index is 11.0. The quantitative estimate of drug-likeness (QED) is 0.565. The van der Waals surface area contributed by atoms with Gasteiger partial charge in [0.2, 0.25) is 5.91 Å². The van der Waals surface area contributed by atoms with E-state index >= 15 is 0 Å². The molecule has 1 aliphatic heterocycles. The standard InChI is InChI=1S/C7H11NO4/c1-11-7(10)12-5-8-4-2-3-6(8)9/h2-5H2,1H3. The van der Waals surface area contributed by atoms with Crippen LogP contribution in [0.25, 0.3) is 0 Å². The Bertz CT molecular complexity index is 192. The van der Waals surface area contributed by atoms with Crippen LogP contribution in [0.15, 0.2) is 0 Å². The molecule has 1 rings (SSSR count). The van der Waals surface area contributed by atoms with Gasteiger partial charge in [-0.25, -0.2) is 4.79 Å². The minimum Gasteiger partial charge on any atom is -0.438 e. The van der Waals surface area contributed by atoms with Gasteiger partial charge in [0.1, 0.15) is 0 Å². The molecule has 0 N–H and O–H groups in total. The lowest BCUT2D eigenvalue weighted by molar-refractivity contribution is -0.131. The Balaban J connectivity index is 2.22. The summed E-state index contributed by atoms with van der Waals surface area (Å²) in [6, 6.07) is 0. The number of amides is 1. The SMILES string of the molecule is COC(=O)OCN1CCCC1=O. The van der Waals surface area contributed by atoms with Crippen molar-refractivity contribution in [2.75, 3.05) is 20.4 Å². The molecule has 0 saturated carbocycles. The number of hydrogen-bond donors (Lipinski definition) is 0. The van der Waals surface area contributed by atoms with Gasteiger partial charge in [0, 0.05) is 13.0 Å². The predicted octanol–water partition coefficient (Wildman–Crippen LogP) is 0.349. The number of hydrogen-bond acceptors (Lipinski definition) is 4. The Hall–Kier alpha value is -1.26. The Kier molecular flexibility index (Phi) is 2.90. The third-order valence-corrected chi connectivity index (χ3v) is 1.68. The summed E-state index contributed by atoms with van der Waals surface area (Å²) in [6.07, 6.45) is 0.628. The molecule has 1 aliphatic rings. The highest BCUT2D eigenvalue weighted by Crippen LogP contribution is 2.08. The number of rotatable bonds is 2. The molecule has 0 bridgehead atoms. The lowest BCUT2D eigenvalue weighted by Gasteiger charge is -2.13. The maximum absolute atomic E-state index is 11.0. The molecular weight excluding hydrogens is 162 g/mol. The minimum absolute atomic E-state index is 0.00546. The Labute approximate surface area is 70.2 Å². The predicted molar refractivity (Wildman–Crippen MR) is 39.3 cm³/mol. The Morgan fingerprint density at radius 2 is 2.42 bits per heavy atom. The van der Waals surface area contributed by atoms with Crippen molar-refractivity contribution < 1.29 is 19.1 Å². The number of carbonyl (C=O) groups is 2. The van der Waals surface area contributed by atoms with Gasteiger partial charge in [-0.15, -0.1) is 0 Å². The third-order valence-electron chi connectivity index (χ3n) is 1.68. The normalized spacial score (nSPS) is 16.4. The van der Waals surface area contributed by atoms with Gasteiger partial charge in [0.25, 0.3) is 0 Å². The van der Waals surface area contributed by atoms with E-state index in [1.54, 1.807) is 0 Å². The van der Waals surface area contributed by atoms with Crippen molar-refractivity contribution in [3.63, 3.8) is 0 Å². The molecule has 5 nitrogen and oxygen atoms in total. The van der Waals surface area contributed by atoms with E-state index in [4.69, 9.17) is 0 Å². The van der Waals surface area contributed by atoms with Crippen LogP contribution in [0, 0.1) is 0 Å². The summed E-state index contributed by atoms with van der Waals surface area (Å²) in [6.45, 7) is 0.668. The van der Waals surface area contributed by atoms with E-state index in [1.165, 1.54) is 12.0 Å². The van der Waals surface area contributed by atoms with E-state index in [-0.39, 0.29) is 12.6 Å². The van der Waals surface area contributed by atoms with Crippen molar-refractivity contribution in [1.82, 2.24) is 4.90 Å². The first-order valence-electron chi connectivity index (χ1n) is 3.72. The van der Waals surface area contributed by atoms with Gasteiger partial charge in [0.15, 0.2) is 6.73 Å². The van der Waals surface area contributed by atoms with E-state index < -0.39 is 6.16 Å². The molecule has 0 atom stereocenters. The molecule has 12 heavy (non-hydrogen) atoms. The van der Waals surface area contributed by atoms with E-state index in [0.29, 0.717) is 13.0 Å². The van der Waals surface area contributed by atoms with Crippen LogP contribution in [0.4, 0.5) is 4.79 Å². The molecule has 0 radical (unpaired) electrons. The van der Waals surface area contributed by atoms with Crippen LogP contribution >= 0.6 is 0 Å². The van der Waals surface area contributed by atoms with Crippen molar-refractivity contribution in [2.45, 2.75) is 12.8 Å². The summed E-state index contributed by atoms with van der Waals surface area (Å²) >= 11 is 0. The molecule has 0 aromatic rings. The average Bonchev–Trinajstić information content (AvgIpc) is 2.47. The van der Waals surface area contributed by atoms with Gasteiger partial charge in [-0.3, -0.25) is 4.79 Å². The number of ether oxygens (including phenoxy) is 2. The van der Waals surface area contributed by atoms with E-state index in [0.717, 1.165) is 6.42 Å². The maximum Gasteiger partial charge on any atom is 0.509 e. The van der Waals surface area contributed by atoms with Crippen LogP contribution in [-0.2, 0) is 14.3 Å². The van der Waals surface area contributed by atoms with Crippen LogP contribution in [0.5, 0.6) is 0 Å². The van der Waals surface area contributed by atoms with Crippen LogP contribution in [0.1, 0.15) is 12.8 Å². The second-order valence-corrected chi connectivity index (χ2v) is 2.49. The van der Waals surface area contributed by atoms with Gasteiger partial charge < -0.3 is 14.4 Å². The fourth-order valence-electron chi connectivity index (χ4n) is 1.03. The van der Waals surface area contributed by atoms with Gasteiger partial charge in [-0.2, -0.15) is 0 Å². The number of carbonyl (C=O) groups excluding carboxylic acids is 2. The molecule has 1 saturated heterocycles. The molecule has 0 aromatic carbocycles. The highest BCUT2D eigenvalue weighted by molar-refractivity contribution is 5.78. The third kappa shape index (κ3) is 2.11. The van der Waals surface area contributed by atoms with Crippen LogP contribution < -0.4 is 0 Å². The van der Waals surface area contributed by atoms with Gasteiger partial charge in [-0.05, 0) is 6.42 Å². The smallest absolute Gasteiger partial charge is 0.438 e. The molecule has 1 heterocycles. The number of methoxy groups -OCH3 is 1. The molecular formula is C7H11NO4. The van der Waals surface area contributed by atoms with Crippen molar-refractivity contribution >= 4 is 12.1 Å². The van der Waals surface area contributed by atoms with Crippen molar-refractivity contribution in [1.29, 1.82) is 0 Å². The molecule has 0 unspecified atom stereocenters. The van der Waals surface area contributed by atoms with E-state index in [1.807, 2.05) is 0 Å². The highest BCUT2D eigenvalue weighted by atomic mass is 16.7. The zero-order valence-corrected chi connectivity index (χ0v) is 6.91. The average molecular weight is 173 g/mol. The van der Waals surface area contributed by atoms with Crippen molar-refractivity contribution in [3.8, 4) is 0 Å². The van der Waals surface area contributed by atoms with Crippen molar-refractivity contribution in [2.24, 2.45) is 0 Å². The second-order valence-electron chi connectivity index (χ2n) is 2.49. The summed E-state index contributed by atoms with van der Waals surface area (Å²) in [5.74, 6) is 0.0268. The fraction of sp³-hybridized carbons (Fsp3) is 0.714. The molecule has 68 valence electrons. The minimum atomic E-state index is -0.755. The number of likely N-dealkylation sites (tertiary alicyclic amines) is 1. The summed E-state index contributed by atoms with van der Waals surface area (Å²) in [4.78, 5) is 22.9. The van der Waals surface area contributed by atoms with Gasteiger partial charge >= 0.3 is 6.16 Å². The van der Waals surface area contributed by atoms with Crippen LogP contribution in [0.2, 0.25) is 0 Å². The zero-order chi connectivity index (χ0) is 8.97. The molecule has 5 heteroatoms. The zero-order valence-electron chi connectivity index (χ0n) is 6.91. The topological polar surface area (TPSA) is 55.8 Å². The number of nitrogens with zero attached hydrogens (tertiary/aromatic N) is 1. The molecule has 0 aromatic heterocycles. The molecule has 1 amide bonds. The first-order chi connectivity index (χ1) is 5.74. The van der Waals surface area contributed by atoms with E-state index in [9.17, 15) is 9.59 Å². The molecule has 0 aliphatic carbocycles.